The molecule has 2 bridgehead atoms. The van der Waals surface area contributed by atoms with Crippen LogP contribution in [-0.4, -0.2) is 41.0 Å². The Kier molecular flexibility index (Phi) is 4.02. The summed E-state index contributed by atoms with van der Waals surface area (Å²) in [5, 5.41) is 12.1. The molecule has 3 fully saturated rings. The molecule has 3 aliphatic rings. The third-order valence-electron chi connectivity index (χ3n) is 5.45. The molecule has 1 aromatic carbocycles. The molecule has 3 saturated heterocycles. The Labute approximate surface area is 146 Å². The molecule has 0 unspecified atom stereocenters. The van der Waals surface area contributed by atoms with E-state index < -0.39 is 0 Å². The minimum absolute atomic E-state index is 0.0704. The number of nitriles is 1. The van der Waals surface area contributed by atoms with Crippen LogP contribution in [0.3, 0.4) is 0 Å². The molecule has 6 nitrogen and oxygen atoms in total. The highest BCUT2D eigenvalue weighted by Crippen LogP contribution is 2.32. The molecule has 25 heavy (non-hydrogen) atoms. The largest absolute Gasteiger partial charge is 0.432 e. The maximum atomic E-state index is 12.6. The van der Waals surface area contributed by atoms with Crippen LogP contribution in [0.25, 0.3) is 11.3 Å². The summed E-state index contributed by atoms with van der Waals surface area (Å²) in [5.41, 5.74) is 1.28. The van der Waals surface area contributed by atoms with Gasteiger partial charge in [0.05, 0.1) is 17.8 Å². The standard InChI is InChI=1S/C19H20N4O2/c1-12-17(14-5-7-23(12)8-6-14)22-18(24)19-21-11-16(25-19)15-4-2-3-13(9-15)10-20/h2-4,9,11-12,14,17H,5-8H2,1H3,(H,22,24)/t12-,17-/m0/s1. The average Bonchev–Trinajstić information content (AvgIpc) is 3.15. The van der Waals surface area contributed by atoms with E-state index in [1.165, 1.54) is 6.20 Å². The minimum atomic E-state index is -0.270. The first kappa shape index (κ1) is 15.9. The van der Waals surface area contributed by atoms with E-state index in [0.29, 0.717) is 23.3 Å². The Morgan fingerprint density at radius 1 is 1.40 bits per heavy atom. The second-order valence-electron chi connectivity index (χ2n) is 6.84. The van der Waals surface area contributed by atoms with Crippen LogP contribution in [0.5, 0.6) is 0 Å². The van der Waals surface area contributed by atoms with Crippen molar-refractivity contribution in [2.45, 2.75) is 31.8 Å². The fraction of sp³-hybridized carbons (Fsp3) is 0.421. The van der Waals surface area contributed by atoms with Crippen LogP contribution < -0.4 is 5.32 Å². The summed E-state index contributed by atoms with van der Waals surface area (Å²) in [7, 11) is 0. The van der Waals surface area contributed by atoms with Gasteiger partial charge >= 0.3 is 5.91 Å². The maximum Gasteiger partial charge on any atom is 0.307 e. The number of hydrogen-bond donors (Lipinski definition) is 1. The normalized spacial score (nSPS) is 27.7. The highest BCUT2D eigenvalue weighted by Gasteiger charge is 2.40. The first-order chi connectivity index (χ1) is 12.2. The van der Waals surface area contributed by atoms with Crippen molar-refractivity contribution in [2.24, 2.45) is 5.92 Å². The maximum absolute atomic E-state index is 12.6. The Balaban J connectivity index is 1.50. The highest BCUT2D eigenvalue weighted by atomic mass is 16.4. The number of carbonyl (C=O) groups is 1. The number of aromatic nitrogens is 1. The van der Waals surface area contributed by atoms with E-state index in [1.54, 1.807) is 18.2 Å². The van der Waals surface area contributed by atoms with Gasteiger partial charge in [-0.2, -0.15) is 5.26 Å². The van der Waals surface area contributed by atoms with E-state index in [0.717, 1.165) is 31.5 Å². The first-order valence-electron chi connectivity index (χ1n) is 8.67. The van der Waals surface area contributed by atoms with E-state index in [2.05, 4.69) is 28.2 Å². The Morgan fingerprint density at radius 3 is 2.92 bits per heavy atom. The van der Waals surface area contributed by atoms with Crippen LogP contribution in [0.4, 0.5) is 0 Å². The molecule has 2 aromatic rings. The summed E-state index contributed by atoms with van der Waals surface area (Å²) in [6, 6.07) is 9.65. The number of nitrogens with zero attached hydrogens (tertiary/aromatic N) is 3. The van der Waals surface area contributed by atoms with Gasteiger partial charge in [-0.25, -0.2) is 4.98 Å². The van der Waals surface area contributed by atoms with E-state index in [-0.39, 0.29) is 17.8 Å². The first-order valence-corrected chi connectivity index (χ1v) is 8.67. The molecule has 5 rings (SSSR count). The Morgan fingerprint density at radius 2 is 2.20 bits per heavy atom. The number of carbonyl (C=O) groups excluding carboxylic acids is 1. The van der Waals surface area contributed by atoms with Gasteiger partial charge in [-0.1, -0.05) is 12.1 Å². The van der Waals surface area contributed by atoms with Crippen molar-refractivity contribution in [1.29, 1.82) is 5.26 Å². The van der Waals surface area contributed by atoms with Gasteiger partial charge in [0.2, 0.25) is 0 Å². The minimum Gasteiger partial charge on any atom is -0.432 e. The van der Waals surface area contributed by atoms with Gasteiger partial charge in [-0.15, -0.1) is 0 Å². The SMILES string of the molecule is C[C@H]1[C@H](NC(=O)c2ncc(-c3cccc(C#N)c3)o2)C2CCN1CC2. The van der Waals surface area contributed by atoms with Crippen LogP contribution in [0.15, 0.2) is 34.9 Å². The Bertz CT molecular complexity index is 828. The van der Waals surface area contributed by atoms with Gasteiger partial charge < -0.3 is 9.73 Å². The van der Waals surface area contributed by atoms with Crippen LogP contribution >= 0.6 is 0 Å². The van der Waals surface area contributed by atoms with Crippen LogP contribution in [0.1, 0.15) is 36.0 Å². The van der Waals surface area contributed by atoms with Gasteiger partial charge in [0.15, 0.2) is 5.76 Å². The van der Waals surface area contributed by atoms with Crippen LogP contribution in [0.2, 0.25) is 0 Å². The number of fused-ring (bicyclic) bond motifs is 3. The van der Waals surface area contributed by atoms with Crippen LogP contribution in [-0.2, 0) is 0 Å². The third kappa shape index (κ3) is 2.92. The summed E-state index contributed by atoms with van der Waals surface area (Å²) in [4.78, 5) is 19.1. The molecule has 128 valence electrons. The quantitative estimate of drug-likeness (QED) is 0.931. The van der Waals surface area contributed by atoms with E-state index in [9.17, 15) is 4.79 Å². The number of rotatable bonds is 3. The summed E-state index contributed by atoms with van der Waals surface area (Å²) in [5.74, 6) is 0.823. The van der Waals surface area contributed by atoms with Gasteiger partial charge in [0.25, 0.3) is 5.89 Å². The molecule has 1 N–H and O–H groups in total. The topological polar surface area (TPSA) is 82.2 Å². The molecule has 0 saturated carbocycles. The summed E-state index contributed by atoms with van der Waals surface area (Å²) < 4.78 is 5.64. The molecule has 1 aromatic heterocycles. The van der Waals surface area contributed by atoms with Crippen molar-refractivity contribution >= 4 is 5.91 Å². The zero-order valence-electron chi connectivity index (χ0n) is 14.1. The molecule has 0 spiro atoms. The molecule has 4 heterocycles. The fourth-order valence-electron chi connectivity index (χ4n) is 4.01. The van der Waals surface area contributed by atoms with Gasteiger partial charge in [0.1, 0.15) is 0 Å². The average molecular weight is 336 g/mol. The Hall–Kier alpha value is -2.65. The second kappa shape index (κ2) is 6.34. The van der Waals surface area contributed by atoms with E-state index in [1.807, 2.05) is 6.07 Å². The number of hydrogen-bond acceptors (Lipinski definition) is 5. The van der Waals surface area contributed by atoms with Gasteiger partial charge in [0, 0.05) is 17.6 Å². The predicted molar refractivity (Wildman–Crippen MR) is 91.7 cm³/mol. The number of amides is 1. The predicted octanol–water partition coefficient (Wildman–Crippen LogP) is 2.43. The van der Waals surface area contributed by atoms with Crippen LogP contribution in [0, 0.1) is 17.2 Å². The molecule has 6 heteroatoms. The van der Waals surface area contributed by atoms with Gasteiger partial charge in [-0.05, 0) is 50.9 Å². The monoisotopic (exact) mass is 336 g/mol. The molecule has 2 atom stereocenters. The third-order valence-corrected chi connectivity index (χ3v) is 5.45. The van der Waals surface area contributed by atoms with Crippen molar-refractivity contribution < 1.29 is 9.21 Å². The zero-order chi connectivity index (χ0) is 17.4. The number of nitrogens with one attached hydrogen (secondary N) is 1. The van der Waals surface area contributed by atoms with Crippen molar-refractivity contribution in [3.8, 4) is 17.4 Å². The van der Waals surface area contributed by atoms with E-state index in [4.69, 9.17) is 9.68 Å². The lowest BCUT2D eigenvalue weighted by Gasteiger charge is -2.49. The molecule has 0 aliphatic carbocycles. The second-order valence-corrected chi connectivity index (χ2v) is 6.84. The molecular weight excluding hydrogens is 316 g/mol. The van der Waals surface area contributed by atoms with Crippen molar-refractivity contribution in [3.63, 3.8) is 0 Å². The fourth-order valence-corrected chi connectivity index (χ4v) is 4.01. The van der Waals surface area contributed by atoms with Gasteiger partial charge in [-0.3, -0.25) is 9.69 Å². The van der Waals surface area contributed by atoms with Crippen molar-refractivity contribution in [2.75, 3.05) is 13.1 Å². The summed E-state index contributed by atoms with van der Waals surface area (Å²) in [6.45, 7) is 4.41. The highest BCUT2D eigenvalue weighted by molar-refractivity contribution is 5.90. The lowest BCUT2D eigenvalue weighted by Crippen LogP contribution is -2.62. The molecule has 0 radical (unpaired) electrons. The lowest BCUT2D eigenvalue weighted by atomic mass is 9.79. The lowest BCUT2D eigenvalue weighted by molar-refractivity contribution is 0.0210. The number of piperidine rings is 3. The summed E-state index contributed by atoms with van der Waals surface area (Å²) >= 11 is 0. The van der Waals surface area contributed by atoms with Crippen molar-refractivity contribution in [1.82, 2.24) is 15.2 Å². The number of benzene rings is 1. The van der Waals surface area contributed by atoms with Crippen molar-refractivity contribution in [3.05, 3.63) is 41.9 Å². The van der Waals surface area contributed by atoms with E-state index >= 15 is 0 Å². The zero-order valence-corrected chi connectivity index (χ0v) is 14.1. The molecule has 1 amide bonds. The summed E-state index contributed by atoms with van der Waals surface area (Å²) in [6.07, 6.45) is 3.80. The number of oxazole rings is 1. The smallest absolute Gasteiger partial charge is 0.307 e. The molecular formula is C19H20N4O2. The molecule has 3 aliphatic heterocycles.